The highest BCUT2D eigenvalue weighted by molar-refractivity contribution is 5.60. The van der Waals surface area contributed by atoms with Crippen LogP contribution in [-0.2, 0) is 9.57 Å². The van der Waals surface area contributed by atoms with Gasteiger partial charge in [0.2, 0.25) is 0 Å². The Morgan fingerprint density at radius 1 is 1.32 bits per heavy atom. The molecular weight excluding hydrogens is 244 g/mol. The molecule has 0 aromatic heterocycles. The molecule has 0 saturated heterocycles. The van der Waals surface area contributed by atoms with E-state index in [1.54, 1.807) is 32.9 Å². The molecule has 1 atom stereocenters. The Hall–Kier alpha value is -2.06. The van der Waals surface area contributed by atoms with Crippen LogP contribution in [0, 0.1) is 11.3 Å². The molecule has 1 aromatic rings. The Balaban J connectivity index is 2.69. The Kier molecular flexibility index (Phi) is 4.90. The Morgan fingerprint density at radius 3 is 2.37 bits per heavy atom. The van der Waals surface area contributed by atoms with E-state index in [2.05, 4.69) is 6.07 Å². The van der Waals surface area contributed by atoms with Crippen molar-refractivity contribution in [2.24, 2.45) is 0 Å². The van der Waals surface area contributed by atoms with Crippen molar-refractivity contribution in [3.8, 4) is 6.07 Å². The molecule has 1 rings (SSSR count). The zero-order valence-corrected chi connectivity index (χ0v) is 11.6. The minimum atomic E-state index is -0.828. The predicted molar refractivity (Wildman–Crippen MR) is 69.9 cm³/mol. The number of nitrogens with zero attached hydrogens (tertiary/aromatic N) is 2. The molecule has 0 aliphatic carbocycles. The van der Waals surface area contributed by atoms with Gasteiger partial charge in [0.25, 0.3) is 0 Å². The van der Waals surface area contributed by atoms with Gasteiger partial charge < -0.3 is 9.57 Å². The molecule has 1 aromatic carbocycles. The van der Waals surface area contributed by atoms with Crippen LogP contribution in [0.5, 0.6) is 0 Å². The fourth-order valence-electron chi connectivity index (χ4n) is 1.44. The van der Waals surface area contributed by atoms with Gasteiger partial charge in [-0.3, -0.25) is 0 Å². The fraction of sp³-hybridized carbons (Fsp3) is 0.429. The van der Waals surface area contributed by atoms with Crippen LogP contribution in [0.3, 0.4) is 0 Å². The lowest BCUT2D eigenvalue weighted by Crippen LogP contribution is -2.31. The molecule has 0 N–H and O–H groups in total. The summed E-state index contributed by atoms with van der Waals surface area (Å²) in [6.07, 6.45) is -0.828. The first-order chi connectivity index (χ1) is 8.83. The quantitative estimate of drug-likeness (QED) is 0.619. The molecule has 0 saturated carbocycles. The number of ether oxygens (including phenoxy) is 1. The monoisotopic (exact) mass is 262 g/mol. The number of carbonyl (C=O) groups excluding carboxylic acids is 1. The minimum absolute atomic E-state index is 0.632. The summed E-state index contributed by atoms with van der Waals surface area (Å²) < 4.78 is 5.03. The molecule has 0 spiro atoms. The number of carbonyl (C=O) groups is 1. The maximum absolute atomic E-state index is 11.5. The van der Waals surface area contributed by atoms with Crippen LogP contribution in [0.15, 0.2) is 30.3 Å². The first-order valence-electron chi connectivity index (χ1n) is 5.92. The molecule has 5 nitrogen and oxygen atoms in total. The zero-order valence-electron chi connectivity index (χ0n) is 11.6. The van der Waals surface area contributed by atoms with Crippen molar-refractivity contribution in [1.82, 2.24) is 5.06 Å². The largest absolute Gasteiger partial charge is 0.528 e. The average molecular weight is 262 g/mol. The molecule has 5 heteroatoms. The van der Waals surface area contributed by atoms with Gasteiger partial charge in [0, 0.05) is 7.05 Å². The van der Waals surface area contributed by atoms with Crippen molar-refractivity contribution in [3.05, 3.63) is 35.9 Å². The number of hydrogen-bond acceptors (Lipinski definition) is 5. The molecule has 0 heterocycles. The van der Waals surface area contributed by atoms with Crippen molar-refractivity contribution in [3.63, 3.8) is 0 Å². The molecule has 19 heavy (non-hydrogen) atoms. The maximum atomic E-state index is 11.5. The van der Waals surface area contributed by atoms with Crippen LogP contribution in [-0.4, -0.2) is 23.9 Å². The van der Waals surface area contributed by atoms with Crippen molar-refractivity contribution in [2.75, 3.05) is 7.05 Å². The zero-order chi connectivity index (χ0) is 14.5. The summed E-state index contributed by atoms with van der Waals surface area (Å²) in [7, 11) is 1.52. The summed E-state index contributed by atoms with van der Waals surface area (Å²) in [5.74, 6) is 0. The number of rotatable bonds is 3. The van der Waals surface area contributed by atoms with Gasteiger partial charge in [-0.05, 0) is 26.3 Å². The second-order valence-corrected chi connectivity index (χ2v) is 5.04. The van der Waals surface area contributed by atoms with E-state index in [0.717, 1.165) is 5.56 Å². The second kappa shape index (κ2) is 6.21. The Bertz CT molecular complexity index is 460. The lowest BCUT2D eigenvalue weighted by molar-refractivity contribution is -0.141. The van der Waals surface area contributed by atoms with Gasteiger partial charge in [0.1, 0.15) is 5.60 Å². The Morgan fingerprint density at radius 2 is 1.89 bits per heavy atom. The highest BCUT2D eigenvalue weighted by Crippen LogP contribution is 2.19. The van der Waals surface area contributed by atoms with Gasteiger partial charge in [-0.25, -0.2) is 4.79 Å². The number of hydroxylamine groups is 2. The van der Waals surface area contributed by atoms with Gasteiger partial charge in [-0.2, -0.15) is 5.26 Å². The summed E-state index contributed by atoms with van der Waals surface area (Å²) in [6.45, 7) is 5.23. The first-order valence-corrected chi connectivity index (χ1v) is 5.92. The smallest absolute Gasteiger partial charge is 0.427 e. The van der Waals surface area contributed by atoms with Crippen LogP contribution in [0.25, 0.3) is 0 Å². The summed E-state index contributed by atoms with van der Waals surface area (Å²) >= 11 is 0. The summed E-state index contributed by atoms with van der Waals surface area (Å²) in [5.41, 5.74) is 0.114. The maximum Gasteiger partial charge on any atom is 0.528 e. The molecule has 0 fully saturated rings. The van der Waals surface area contributed by atoms with E-state index < -0.39 is 17.8 Å². The second-order valence-electron chi connectivity index (χ2n) is 5.04. The van der Waals surface area contributed by atoms with Crippen LogP contribution in [0.2, 0.25) is 0 Å². The van der Waals surface area contributed by atoms with Crippen LogP contribution in [0.1, 0.15) is 32.4 Å². The van der Waals surface area contributed by atoms with Gasteiger partial charge in [-0.15, -0.1) is 5.06 Å². The van der Waals surface area contributed by atoms with Crippen molar-refractivity contribution in [2.45, 2.75) is 32.4 Å². The normalized spacial score (nSPS) is 12.6. The van der Waals surface area contributed by atoms with Crippen LogP contribution in [0.4, 0.5) is 4.79 Å². The third kappa shape index (κ3) is 4.98. The third-order valence-corrected chi connectivity index (χ3v) is 2.21. The van der Waals surface area contributed by atoms with E-state index in [-0.39, 0.29) is 0 Å². The van der Waals surface area contributed by atoms with Crippen molar-refractivity contribution < 1.29 is 14.4 Å². The number of benzene rings is 1. The first kappa shape index (κ1) is 15.0. The van der Waals surface area contributed by atoms with Gasteiger partial charge >= 0.3 is 6.16 Å². The van der Waals surface area contributed by atoms with Crippen molar-refractivity contribution >= 4 is 6.16 Å². The lowest BCUT2D eigenvalue weighted by Gasteiger charge is -2.24. The predicted octanol–water partition coefficient (Wildman–Crippen LogP) is 3.05. The molecule has 1 unspecified atom stereocenters. The molecule has 0 radical (unpaired) electrons. The highest BCUT2D eigenvalue weighted by Gasteiger charge is 2.24. The van der Waals surface area contributed by atoms with Crippen molar-refractivity contribution in [1.29, 1.82) is 5.26 Å². The standard InChI is InChI=1S/C14H18N2O3/c1-14(2,3)18-13(17)19-16(4)12(10-15)11-8-6-5-7-9-11/h5-9,12H,1-4H3. The lowest BCUT2D eigenvalue weighted by atomic mass is 10.1. The van der Waals surface area contributed by atoms with E-state index in [1.165, 1.54) is 12.1 Å². The summed E-state index contributed by atoms with van der Waals surface area (Å²) in [6, 6.07) is 10.5. The summed E-state index contributed by atoms with van der Waals surface area (Å²) in [4.78, 5) is 16.5. The number of nitriles is 1. The van der Waals surface area contributed by atoms with E-state index in [9.17, 15) is 10.1 Å². The highest BCUT2D eigenvalue weighted by atomic mass is 16.8. The van der Waals surface area contributed by atoms with Crippen LogP contribution >= 0.6 is 0 Å². The third-order valence-electron chi connectivity index (χ3n) is 2.21. The molecule has 0 aliphatic rings. The van der Waals surface area contributed by atoms with Gasteiger partial charge in [0.05, 0.1) is 6.07 Å². The number of hydrogen-bond donors (Lipinski definition) is 0. The van der Waals surface area contributed by atoms with E-state index in [0.29, 0.717) is 0 Å². The average Bonchev–Trinajstić information content (AvgIpc) is 2.28. The fourth-order valence-corrected chi connectivity index (χ4v) is 1.44. The molecule has 0 aliphatic heterocycles. The topological polar surface area (TPSA) is 62.6 Å². The SMILES string of the molecule is CN(OC(=O)OC(C)(C)C)C(C#N)c1ccccc1. The summed E-state index contributed by atoms with van der Waals surface area (Å²) in [5, 5.41) is 10.4. The van der Waals surface area contributed by atoms with Gasteiger partial charge in [0.15, 0.2) is 6.04 Å². The Labute approximate surface area is 113 Å². The van der Waals surface area contributed by atoms with E-state index in [4.69, 9.17) is 9.57 Å². The molecule has 102 valence electrons. The minimum Gasteiger partial charge on any atom is -0.427 e. The van der Waals surface area contributed by atoms with E-state index in [1.807, 2.05) is 18.2 Å². The van der Waals surface area contributed by atoms with Gasteiger partial charge in [-0.1, -0.05) is 30.3 Å². The molecule has 0 bridgehead atoms. The van der Waals surface area contributed by atoms with Crippen LogP contribution < -0.4 is 0 Å². The van der Waals surface area contributed by atoms with E-state index >= 15 is 0 Å². The molecule has 0 amide bonds. The molecular formula is C14H18N2O3.